The van der Waals surface area contributed by atoms with Gasteiger partial charge in [-0.05, 0) is 32.6 Å². The molecule has 1 saturated carbocycles. The maximum absolute atomic E-state index is 2.30. The van der Waals surface area contributed by atoms with Crippen molar-refractivity contribution in [2.45, 2.75) is 45.4 Å². The Balaban J connectivity index is 2.36. The first-order valence-electron chi connectivity index (χ1n) is 4.07. The fraction of sp³-hybridized carbons (Fsp3) is 0.778. The molecule has 0 spiro atoms. The number of allylic oxidation sites excluding steroid dienone is 2. The van der Waals surface area contributed by atoms with Gasteiger partial charge in [0.1, 0.15) is 0 Å². The smallest absolute Gasteiger partial charge is 0.0320 e. The van der Waals surface area contributed by atoms with Crippen LogP contribution in [-0.2, 0) is 0 Å². The zero-order valence-electron chi connectivity index (χ0n) is 6.32. The minimum absolute atomic E-state index is 1.37. The molecule has 52 valence electrons. The second kappa shape index (κ2) is 3.71. The summed E-state index contributed by atoms with van der Waals surface area (Å²) in [5.41, 5.74) is 1.69. The largest absolute Gasteiger partial charge is 0.0885 e. The highest BCUT2D eigenvalue weighted by atomic mass is 14.1. The highest BCUT2D eigenvalue weighted by molar-refractivity contribution is 5.00. The van der Waals surface area contributed by atoms with Crippen LogP contribution >= 0.6 is 0 Å². The molecule has 0 aromatic rings. The summed E-state index contributed by atoms with van der Waals surface area (Å²) in [6.45, 7) is 2.17. The number of hydrogen-bond acceptors (Lipinski definition) is 0. The van der Waals surface area contributed by atoms with Crippen molar-refractivity contribution in [3.8, 4) is 0 Å². The van der Waals surface area contributed by atoms with Crippen LogP contribution in [0.4, 0.5) is 0 Å². The van der Waals surface area contributed by atoms with Gasteiger partial charge in [-0.3, -0.25) is 0 Å². The molecule has 0 bridgehead atoms. The first-order valence-corrected chi connectivity index (χ1v) is 4.07. The van der Waals surface area contributed by atoms with E-state index in [9.17, 15) is 0 Å². The van der Waals surface area contributed by atoms with E-state index in [1.807, 2.05) is 0 Å². The first-order chi connectivity index (χ1) is 4.43. The third-order valence-corrected chi connectivity index (χ3v) is 2.15. The molecule has 0 radical (unpaired) electrons. The van der Waals surface area contributed by atoms with E-state index in [1.165, 1.54) is 38.5 Å². The summed E-state index contributed by atoms with van der Waals surface area (Å²) in [7, 11) is 0. The van der Waals surface area contributed by atoms with Gasteiger partial charge >= 0.3 is 0 Å². The average molecular weight is 124 g/mol. The van der Waals surface area contributed by atoms with Crippen LogP contribution in [0.1, 0.15) is 45.4 Å². The highest BCUT2D eigenvalue weighted by Gasteiger charge is 2.01. The topological polar surface area (TPSA) is 0 Å². The van der Waals surface area contributed by atoms with Crippen molar-refractivity contribution in [2.24, 2.45) is 0 Å². The number of rotatable bonds is 0. The zero-order chi connectivity index (χ0) is 6.53. The van der Waals surface area contributed by atoms with Crippen molar-refractivity contribution in [3.05, 3.63) is 11.6 Å². The Hall–Kier alpha value is -0.260. The molecule has 0 nitrogen and oxygen atoms in total. The van der Waals surface area contributed by atoms with Crippen molar-refractivity contribution in [1.29, 1.82) is 0 Å². The summed E-state index contributed by atoms with van der Waals surface area (Å²) in [6, 6.07) is 0. The Morgan fingerprint density at radius 3 is 2.00 bits per heavy atom. The van der Waals surface area contributed by atoms with Crippen molar-refractivity contribution >= 4 is 0 Å². The zero-order valence-corrected chi connectivity index (χ0v) is 6.32. The van der Waals surface area contributed by atoms with Gasteiger partial charge in [0.25, 0.3) is 0 Å². The summed E-state index contributed by atoms with van der Waals surface area (Å²) in [5, 5.41) is 0. The van der Waals surface area contributed by atoms with Gasteiger partial charge in [0, 0.05) is 0 Å². The molecule has 0 unspecified atom stereocenters. The van der Waals surface area contributed by atoms with Crippen LogP contribution in [0, 0.1) is 0 Å². The van der Waals surface area contributed by atoms with E-state index in [1.54, 1.807) is 5.57 Å². The van der Waals surface area contributed by atoms with E-state index in [2.05, 4.69) is 13.0 Å². The van der Waals surface area contributed by atoms with Gasteiger partial charge in [-0.25, -0.2) is 0 Å². The molecular formula is C9H16. The molecule has 0 aliphatic heterocycles. The SMILES string of the molecule is CC=C1CCCCCC1. The molecule has 0 aromatic carbocycles. The molecule has 0 N–H and O–H groups in total. The van der Waals surface area contributed by atoms with Gasteiger partial charge in [0.05, 0.1) is 0 Å². The lowest BCUT2D eigenvalue weighted by Gasteiger charge is -1.97. The van der Waals surface area contributed by atoms with Gasteiger partial charge in [-0.15, -0.1) is 0 Å². The molecule has 0 amide bonds. The number of hydrogen-bond donors (Lipinski definition) is 0. The third-order valence-electron chi connectivity index (χ3n) is 2.15. The monoisotopic (exact) mass is 124 g/mol. The predicted octanol–water partition coefficient (Wildman–Crippen LogP) is 3.29. The molecule has 1 fully saturated rings. The van der Waals surface area contributed by atoms with Gasteiger partial charge in [-0.1, -0.05) is 24.5 Å². The molecular weight excluding hydrogens is 108 g/mol. The molecule has 1 aliphatic carbocycles. The fourth-order valence-electron chi connectivity index (χ4n) is 1.47. The Morgan fingerprint density at radius 1 is 1.00 bits per heavy atom. The molecule has 0 heterocycles. The van der Waals surface area contributed by atoms with E-state index in [-0.39, 0.29) is 0 Å². The average Bonchev–Trinajstić information content (AvgIpc) is 2.13. The van der Waals surface area contributed by atoms with Crippen LogP contribution in [0.5, 0.6) is 0 Å². The van der Waals surface area contributed by atoms with Crippen molar-refractivity contribution < 1.29 is 0 Å². The summed E-state index contributed by atoms with van der Waals surface area (Å²) < 4.78 is 0. The summed E-state index contributed by atoms with van der Waals surface area (Å²) in [6.07, 6.45) is 10.8. The quantitative estimate of drug-likeness (QED) is 0.343. The lowest BCUT2D eigenvalue weighted by molar-refractivity contribution is 0.702. The summed E-state index contributed by atoms with van der Waals surface area (Å²) in [5.74, 6) is 0. The third kappa shape index (κ3) is 2.21. The minimum Gasteiger partial charge on any atom is -0.0885 e. The van der Waals surface area contributed by atoms with Gasteiger partial charge < -0.3 is 0 Å². The summed E-state index contributed by atoms with van der Waals surface area (Å²) in [4.78, 5) is 0. The van der Waals surface area contributed by atoms with Gasteiger partial charge in [0.2, 0.25) is 0 Å². The Labute approximate surface area is 58.0 Å². The maximum atomic E-state index is 2.30. The lowest BCUT2D eigenvalue weighted by atomic mass is 10.1. The first kappa shape index (κ1) is 6.85. The highest BCUT2D eigenvalue weighted by Crippen LogP contribution is 2.21. The van der Waals surface area contributed by atoms with Crippen LogP contribution in [0.15, 0.2) is 11.6 Å². The van der Waals surface area contributed by atoms with E-state index < -0.39 is 0 Å². The van der Waals surface area contributed by atoms with Crippen LogP contribution in [0.3, 0.4) is 0 Å². The maximum Gasteiger partial charge on any atom is -0.0320 e. The van der Waals surface area contributed by atoms with Crippen LogP contribution in [-0.4, -0.2) is 0 Å². The Kier molecular flexibility index (Phi) is 2.82. The molecule has 9 heavy (non-hydrogen) atoms. The standard InChI is InChI=1S/C9H16/c1-2-9-7-5-3-4-6-8-9/h2H,3-8H2,1H3. The van der Waals surface area contributed by atoms with Crippen molar-refractivity contribution in [1.82, 2.24) is 0 Å². The molecule has 0 aromatic heterocycles. The van der Waals surface area contributed by atoms with E-state index in [0.29, 0.717) is 0 Å². The van der Waals surface area contributed by atoms with Gasteiger partial charge in [-0.2, -0.15) is 0 Å². The molecule has 1 aliphatic rings. The van der Waals surface area contributed by atoms with E-state index in [0.717, 1.165) is 0 Å². The molecule has 0 saturated heterocycles. The second-order valence-corrected chi connectivity index (χ2v) is 2.86. The Bertz CT molecular complexity index is 90.6. The molecule has 1 rings (SSSR count). The van der Waals surface area contributed by atoms with E-state index in [4.69, 9.17) is 0 Å². The predicted molar refractivity (Wildman–Crippen MR) is 41.5 cm³/mol. The van der Waals surface area contributed by atoms with Gasteiger partial charge in [0.15, 0.2) is 0 Å². The van der Waals surface area contributed by atoms with Crippen molar-refractivity contribution in [3.63, 3.8) is 0 Å². The van der Waals surface area contributed by atoms with E-state index >= 15 is 0 Å². The summed E-state index contributed by atoms with van der Waals surface area (Å²) >= 11 is 0. The fourth-order valence-corrected chi connectivity index (χ4v) is 1.47. The molecule has 0 heteroatoms. The van der Waals surface area contributed by atoms with Crippen LogP contribution in [0.25, 0.3) is 0 Å². The van der Waals surface area contributed by atoms with Crippen LogP contribution < -0.4 is 0 Å². The minimum atomic E-state index is 1.37. The molecule has 0 atom stereocenters. The van der Waals surface area contributed by atoms with Crippen molar-refractivity contribution in [2.75, 3.05) is 0 Å². The normalized spacial score (nSPS) is 21.2. The van der Waals surface area contributed by atoms with Crippen LogP contribution in [0.2, 0.25) is 0 Å². The lowest BCUT2D eigenvalue weighted by Crippen LogP contribution is -1.77. The Morgan fingerprint density at radius 2 is 1.56 bits per heavy atom. The second-order valence-electron chi connectivity index (χ2n) is 2.86.